The third-order valence-electron chi connectivity index (χ3n) is 28.6. The van der Waals surface area contributed by atoms with E-state index in [0.717, 1.165) is 206 Å². The number of rotatable bonds is 63. The first kappa shape index (κ1) is 136. The quantitative estimate of drug-likeness (QED) is 0.0568. The van der Waals surface area contributed by atoms with E-state index in [-0.39, 0.29) is 5.92 Å². The molecule has 2 aliphatic carbocycles. The maximum absolute atomic E-state index is 13.9. The molecule has 11 atom stereocenters. The Hall–Kier alpha value is -0.190. The van der Waals surface area contributed by atoms with Gasteiger partial charge < -0.3 is 14.2 Å². The highest BCUT2D eigenvalue weighted by Crippen LogP contribution is 2.48. The summed E-state index contributed by atoms with van der Waals surface area (Å²) in [5.74, 6) is 24.6. The van der Waals surface area contributed by atoms with E-state index in [4.69, 9.17) is 14.2 Å². The number of hydrogen-bond acceptors (Lipinski definition) is 3. The lowest BCUT2D eigenvalue weighted by Gasteiger charge is -2.26. The first-order valence-electron chi connectivity index (χ1n) is 55.4. The zero-order valence-electron chi connectivity index (χ0n) is 95.0. The SMILES string of the molecule is CC(C)CCC1CC1C[C@@H](C)C(C)C.CC(C)CCCCC(C)(C)CC(C)C.CC(C)CCCCCC(C(C)C)C1CC1.CC(C)CCCC[C@@H](C)C(C)C.CC(C)CCCOC[C@@H](C)C(C)C.CC(C)CCOCC[C@@H](C)C(C)C.CC(C)COCCC[C@@H](C)C(C)C.CC(C)[C@H](C)CCCCC(C)(F)C(C)C.CCC(CCCCCC(C)C)C(C)C. The summed E-state index contributed by atoms with van der Waals surface area (Å²) in [6.45, 7) is 111. The highest BCUT2D eigenvalue weighted by Gasteiger charge is 2.37. The highest BCUT2D eigenvalue weighted by atomic mass is 19.1. The Labute approximate surface area is 785 Å². The largest absolute Gasteiger partial charge is 0.381 e. The van der Waals surface area contributed by atoms with Gasteiger partial charge >= 0.3 is 0 Å². The van der Waals surface area contributed by atoms with Crippen molar-refractivity contribution in [3.63, 3.8) is 0 Å². The topological polar surface area (TPSA) is 27.7 Å². The molecule has 0 amide bonds. The van der Waals surface area contributed by atoms with Gasteiger partial charge in [-0.25, -0.2) is 4.39 Å². The standard InChI is InChI=1S/C15H30.C14H29F.C14H28.2C14H30.3C12H26O.C12H26/c1-12(2)8-6-5-7-9-15(13(3)4)14-10-11-14;1-11(2)13(5)9-7-8-10-14(6,15)12(3)4;1-10(2)6-7-13-9-14(13)8-12(5)11(3)4;1-12(2)9-7-8-10-14(5,6)11-13(3)4;1-6-14(13(4)5)11-9-7-8-10-12(2)3;1-10(2)6-8-13-9-7-12(5)11(3)4;1-10(2)9-13-8-6-7-12(5)11(3)4;1-10(2)7-6-8-13-9-12(5)11(3)4;1-10(2)8-6-7-9-12(5)11(3)4/h12-15H,5-11H2,1-4H3;11-13H,7-10H2,1-6H3;10-14H,6-9H2,1-5H3;12-13H,7-11H2,1-6H3;12-14H,6-11H2,1-5H3;3*10-12H,6-9H2,1-5H3;10-12H,6-9H2,1-5H3/t;13-,14?;12-,13?,14?;;;4*12-/m.11..1111/s1. The lowest BCUT2D eigenvalue weighted by Crippen LogP contribution is -2.25. The molecular formula is C119H251FO3. The number of ether oxygens (including phenoxy) is 3. The van der Waals surface area contributed by atoms with E-state index in [1.54, 1.807) is 6.92 Å². The minimum Gasteiger partial charge on any atom is -0.381 e. The molecule has 5 unspecified atom stereocenters. The third-order valence-corrected chi connectivity index (χ3v) is 28.6. The van der Waals surface area contributed by atoms with Crippen molar-refractivity contribution in [1.29, 1.82) is 0 Å². The van der Waals surface area contributed by atoms with Gasteiger partial charge in [-0.2, -0.15) is 0 Å². The lowest BCUT2D eigenvalue weighted by atomic mass is 9.79. The molecule has 0 bridgehead atoms. The van der Waals surface area contributed by atoms with Crippen LogP contribution in [0, 0.1) is 177 Å². The summed E-state index contributed by atoms with van der Waals surface area (Å²) in [6.07, 6.45) is 49.1. The van der Waals surface area contributed by atoms with Crippen molar-refractivity contribution in [2.24, 2.45) is 177 Å². The van der Waals surface area contributed by atoms with Gasteiger partial charge in [0.05, 0.1) is 0 Å². The van der Waals surface area contributed by atoms with Gasteiger partial charge in [0, 0.05) is 39.6 Å². The summed E-state index contributed by atoms with van der Waals surface area (Å²) in [7, 11) is 0. The Morgan fingerprint density at radius 1 is 0.276 bits per heavy atom. The Morgan fingerprint density at radius 2 is 0.618 bits per heavy atom. The fourth-order valence-electron chi connectivity index (χ4n) is 15.7. The van der Waals surface area contributed by atoms with Crippen molar-refractivity contribution in [3.05, 3.63) is 0 Å². The second-order valence-electron chi connectivity index (χ2n) is 49.6. The molecule has 752 valence electrons. The number of unbranched alkanes of at least 4 members (excludes halogenated alkanes) is 7. The zero-order chi connectivity index (χ0) is 96.6. The minimum absolute atomic E-state index is 0.139. The van der Waals surface area contributed by atoms with Crippen LogP contribution in [-0.4, -0.2) is 45.3 Å². The molecule has 4 heteroatoms. The molecule has 0 aliphatic heterocycles. The average Bonchev–Trinajstić information content (AvgIpc) is 1.69. The molecule has 0 N–H and O–H groups in total. The summed E-state index contributed by atoms with van der Waals surface area (Å²) >= 11 is 0. The Bertz CT molecular complexity index is 1980. The summed E-state index contributed by atoms with van der Waals surface area (Å²) in [4.78, 5) is 0. The Balaban J connectivity index is -0.000000246. The predicted octanol–water partition coefficient (Wildman–Crippen LogP) is 41.5. The summed E-state index contributed by atoms with van der Waals surface area (Å²) in [5.41, 5.74) is -0.411. The molecule has 2 fully saturated rings. The lowest BCUT2D eigenvalue weighted by molar-refractivity contribution is 0.0855. The van der Waals surface area contributed by atoms with Gasteiger partial charge in [-0.1, -0.05) is 446 Å². The normalized spacial score (nSPS) is 16.7. The summed E-state index contributed by atoms with van der Waals surface area (Å²) < 4.78 is 30.6. The monoisotopic (exact) mass is 1750 g/mol. The van der Waals surface area contributed by atoms with Crippen LogP contribution >= 0.6 is 0 Å². The van der Waals surface area contributed by atoms with E-state index in [2.05, 4.69) is 298 Å². The van der Waals surface area contributed by atoms with Crippen molar-refractivity contribution in [2.75, 3.05) is 39.6 Å². The molecule has 0 aromatic rings. The molecule has 0 radical (unpaired) electrons. The molecule has 2 aliphatic rings. The van der Waals surface area contributed by atoms with E-state index in [1.807, 2.05) is 13.8 Å². The smallest absolute Gasteiger partial charge is 0.110 e. The van der Waals surface area contributed by atoms with E-state index in [1.165, 1.54) is 218 Å². The van der Waals surface area contributed by atoms with Gasteiger partial charge in [-0.15, -0.1) is 0 Å². The van der Waals surface area contributed by atoms with E-state index < -0.39 is 5.67 Å². The van der Waals surface area contributed by atoms with E-state index >= 15 is 0 Å². The van der Waals surface area contributed by atoms with Crippen molar-refractivity contribution < 1.29 is 18.6 Å². The van der Waals surface area contributed by atoms with Gasteiger partial charge in [0.15, 0.2) is 0 Å². The fourth-order valence-corrected chi connectivity index (χ4v) is 15.7. The van der Waals surface area contributed by atoms with Crippen molar-refractivity contribution in [3.8, 4) is 0 Å². The maximum atomic E-state index is 13.9. The Kier molecular flexibility index (Phi) is 95.0. The summed E-state index contributed by atoms with van der Waals surface area (Å²) in [5, 5.41) is 0. The molecule has 3 nitrogen and oxygen atoms in total. The number of halogens is 1. The molecule has 0 aromatic heterocycles. The van der Waals surface area contributed by atoms with Crippen LogP contribution in [-0.2, 0) is 14.2 Å². The van der Waals surface area contributed by atoms with Crippen molar-refractivity contribution in [1.82, 2.24) is 0 Å². The van der Waals surface area contributed by atoms with Crippen LogP contribution < -0.4 is 0 Å². The number of alkyl halides is 1. The molecular weight excluding hydrogens is 1500 g/mol. The maximum Gasteiger partial charge on any atom is 0.110 e. The predicted molar refractivity (Wildman–Crippen MR) is 567 cm³/mol. The van der Waals surface area contributed by atoms with Crippen LogP contribution in [0.4, 0.5) is 4.39 Å². The van der Waals surface area contributed by atoms with Crippen LogP contribution in [0.15, 0.2) is 0 Å². The van der Waals surface area contributed by atoms with Gasteiger partial charge in [0.25, 0.3) is 0 Å². The van der Waals surface area contributed by atoms with Gasteiger partial charge in [-0.3, -0.25) is 0 Å². The second kappa shape index (κ2) is 86.0. The summed E-state index contributed by atoms with van der Waals surface area (Å²) in [6, 6.07) is 0. The average molecular weight is 1750 g/mol. The molecule has 123 heavy (non-hydrogen) atoms. The van der Waals surface area contributed by atoms with Gasteiger partial charge in [0.2, 0.25) is 0 Å². The van der Waals surface area contributed by atoms with Crippen LogP contribution in [0.2, 0.25) is 0 Å². The van der Waals surface area contributed by atoms with Crippen LogP contribution in [0.25, 0.3) is 0 Å². The third kappa shape index (κ3) is 104. The Morgan fingerprint density at radius 3 is 0.992 bits per heavy atom. The van der Waals surface area contributed by atoms with Crippen LogP contribution in [0.1, 0.15) is 550 Å². The molecule has 2 rings (SSSR count). The zero-order valence-corrected chi connectivity index (χ0v) is 95.0. The van der Waals surface area contributed by atoms with Gasteiger partial charge in [-0.05, 0) is 280 Å². The molecule has 0 saturated heterocycles. The molecule has 0 spiro atoms. The molecule has 0 heterocycles. The van der Waals surface area contributed by atoms with E-state index in [0.29, 0.717) is 17.3 Å². The number of hydrogen-bond donors (Lipinski definition) is 0. The van der Waals surface area contributed by atoms with E-state index in [9.17, 15) is 4.39 Å². The highest BCUT2D eigenvalue weighted by molar-refractivity contribution is 4.88. The second-order valence-corrected chi connectivity index (χ2v) is 49.6. The van der Waals surface area contributed by atoms with Crippen molar-refractivity contribution in [2.45, 2.75) is 555 Å². The van der Waals surface area contributed by atoms with Crippen LogP contribution in [0.3, 0.4) is 0 Å². The first-order valence-corrected chi connectivity index (χ1v) is 55.4. The minimum atomic E-state index is -0.971. The van der Waals surface area contributed by atoms with Gasteiger partial charge in [0.1, 0.15) is 5.67 Å². The molecule has 2 saturated carbocycles. The first-order chi connectivity index (χ1) is 56.9. The van der Waals surface area contributed by atoms with Crippen LogP contribution in [0.5, 0.6) is 0 Å². The van der Waals surface area contributed by atoms with Crippen molar-refractivity contribution >= 4 is 0 Å². The fraction of sp³-hybridized carbons (Fsp3) is 1.00. The molecule has 0 aromatic carbocycles.